The molecule has 0 aromatic carbocycles. The first-order valence-corrected chi connectivity index (χ1v) is 5.17. The monoisotopic (exact) mass is 170 g/mol. The van der Waals surface area contributed by atoms with Gasteiger partial charge in [-0.25, -0.2) is 0 Å². The summed E-state index contributed by atoms with van der Waals surface area (Å²) in [6, 6.07) is 1.21. The number of nitrogens with one attached hydrogen (secondary N) is 1. The van der Waals surface area contributed by atoms with Crippen LogP contribution in [0.25, 0.3) is 0 Å². The molecule has 0 aromatic heterocycles. The SMILES string of the molecule is CC(C)CCCNC1CC(N)C1. The molecule has 1 saturated carbocycles. The van der Waals surface area contributed by atoms with E-state index in [1.807, 2.05) is 0 Å². The van der Waals surface area contributed by atoms with E-state index in [4.69, 9.17) is 5.73 Å². The molecule has 0 radical (unpaired) electrons. The predicted molar refractivity (Wildman–Crippen MR) is 53.1 cm³/mol. The second-order valence-corrected chi connectivity index (χ2v) is 4.42. The summed E-state index contributed by atoms with van der Waals surface area (Å²) in [5, 5.41) is 3.52. The molecule has 1 aliphatic carbocycles. The van der Waals surface area contributed by atoms with Gasteiger partial charge in [-0.15, -0.1) is 0 Å². The fourth-order valence-electron chi connectivity index (χ4n) is 1.65. The van der Waals surface area contributed by atoms with Gasteiger partial charge in [-0.1, -0.05) is 13.8 Å². The molecule has 3 N–H and O–H groups in total. The minimum atomic E-state index is 0.479. The lowest BCUT2D eigenvalue weighted by Crippen LogP contribution is -2.48. The van der Waals surface area contributed by atoms with Gasteiger partial charge >= 0.3 is 0 Å². The number of rotatable bonds is 5. The van der Waals surface area contributed by atoms with Crippen LogP contribution in [-0.2, 0) is 0 Å². The first kappa shape index (κ1) is 10.0. The smallest absolute Gasteiger partial charge is 0.00965 e. The molecule has 2 nitrogen and oxygen atoms in total. The summed E-state index contributed by atoms with van der Waals surface area (Å²) in [5.41, 5.74) is 5.68. The van der Waals surface area contributed by atoms with Crippen LogP contribution in [0.1, 0.15) is 39.5 Å². The van der Waals surface area contributed by atoms with E-state index in [9.17, 15) is 0 Å². The molecular weight excluding hydrogens is 148 g/mol. The zero-order valence-electron chi connectivity index (χ0n) is 8.34. The van der Waals surface area contributed by atoms with Crippen LogP contribution in [0.15, 0.2) is 0 Å². The molecule has 0 unspecified atom stereocenters. The van der Waals surface area contributed by atoms with Gasteiger partial charge in [0, 0.05) is 12.1 Å². The van der Waals surface area contributed by atoms with E-state index in [0.717, 1.165) is 12.0 Å². The van der Waals surface area contributed by atoms with Crippen molar-refractivity contribution >= 4 is 0 Å². The highest BCUT2D eigenvalue weighted by Crippen LogP contribution is 2.17. The molecule has 1 rings (SSSR count). The molecule has 0 amide bonds. The quantitative estimate of drug-likeness (QED) is 0.614. The van der Waals surface area contributed by atoms with Crippen molar-refractivity contribution in [2.45, 2.75) is 51.6 Å². The second-order valence-electron chi connectivity index (χ2n) is 4.42. The molecule has 0 heterocycles. The Morgan fingerprint density at radius 3 is 2.58 bits per heavy atom. The van der Waals surface area contributed by atoms with Gasteiger partial charge < -0.3 is 11.1 Å². The predicted octanol–water partition coefficient (Wildman–Crippen LogP) is 1.50. The van der Waals surface area contributed by atoms with Crippen LogP contribution in [0.4, 0.5) is 0 Å². The Morgan fingerprint density at radius 2 is 2.08 bits per heavy atom. The topological polar surface area (TPSA) is 38.0 Å². The third-order valence-corrected chi connectivity index (χ3v) is 2.57. The maximum absolute atomic E-state index is 5.68. The van der Waals surface area contributed by atoms with Gasteiger partial charge in [0.1, 0.15) is 0 Å². The normalized spacial score (nSPS) is 29.0. The standard InChI is InChI=1S/C10H22N2/c1-8(2)4-3-5-12-10-6-9(11)7-10/h8-10,12H,3-7,11H2,1-2H3. The van der Waals surface area contributed by atoms with Crippen LogP contribution in [0.2, 0.25) is 0 Å². The third kappa shape index (κ3) is 3.55. The molecule has 0 aromatic rings. The maximum atomic E-state index is 5.68. The number of hydrogen-bond donors (Lipinski definition) is 2. The van der Waals surface area contributed by atoms with Crippen molar-refractivity contribution in [2.24, 2.45) is 11.7 Å². The van der Waals surface area contributed by atoms with E-state index in [-0.39, 0.29) is 0 Å². The molecule has 2 heteroatoms. The average Bonchev–Trinajstić information content (AvgIpc) is 1.93. The van der Waals surface area contributed by atoms with Gasteiger partial charge in [-0.05, 0) is 38.1 Å². The Kier molecular flexibility index (Phi) is 4.02. The minimum absolute atomic E-state index is 0.479. The lowest BCUT2D eigenvalue weighted by molar-refractivity contribution is 0.289. The molecule has 0 atom stereocenters. The third-order valence-electron chi connectivity index (χ3n) is 2.57. The zero-order chi connectivity index (χ0) is 8.97. The molecule has 0 saturated heterocycles. The van der Waals surface area contributed by atoms with Crippen LogP contribution in [0.5, 0.6) is 0 Å². The number of hydrogen-bond acceptors (Lipinski definition) is 2. The zero-order valence-corrected chi connectivity index (χ0v) is 8.34. The van der Waals surface area contributed by atoms with E-state index in [2.05, 4.69) is 19.2 Å². The van der Waals surface area contributed by atoms with Crippen molar-refractivity contribution in [3.63, 3.8) is 0 Å². The van der Waals surface area contributed by atoms with Crippen molar-refractivity contribution in [3.8, 4) is 0 Å². The highest BCUT2D eigenvalue weighted by atomic mass is 14.9. The van der Waals surface area contributed by atoms with Gasteiger partial charge in [-0.3, -0.25) is 0 Å². The highest BCUT2D eigenvalue weighted by molar-refractivity contribution is 4.87. The van der Waals surface area contributed by atoms with E-state index < -0.39 is 0 Å². The van der Waals surface area contributed by atoms with Gasteiger partial charge in [-0.2, -0.15) is 0 Å². The molecule has 0 aliphatic heterocycles. The van der Waals surface area contributed by atoms with Crippen LogP contribution in [0, 0.1) is 5.92 Å². The summed E-state index contributed by atoms with van der Waals surface area (Å²) in [5.74, 6) is 0.843. The Hall–Kier alpha value is -0.0800. The summed E-state index contributed by atoms with van der Waals surface area (Å²) >= 11 is 0. The summed E-state index contributed by atoms with van der Waals surface area (Å²) in [6.45, 7) is 5.73. The molecule has 0 spiro atoms. The largest absolute Gasteiger partial charge is 0.328 e. The van der Waals surface area contributed by atoms with Crippen molar-refractivity contribution in [2.75, 3.05) is 6.54 Å². The highest BCUT2D eigenvalue weighted by Gasteiger charge is 2.24. The Morgan fingerprint density at radius 1 is 1.42 bits per heavy atom. The maximum Gasteiger partial charge on any atom is 0.00965 e. The summed E-state index contributed by atoms with van der Waals surface area (Å²) < 4.78 is 0. The summed E-state index contributed by atoms with van der Waals surface area (Å²) in [4.78, 5) is 0. The first-order chi connectivity index (χ1) is 5.68. The molecule has 1 aliphatic rings. The molecule has 0 bridgehead atoms. The fraction of sp³-hybridized carbons (Fsp3) is 1.00. The minimum Gasteiger partial charge on any atom is -0.328 e. The Bertz CT molecular complexity index is 117. The Balaban J connectivity index is 1.83. The van der Waals surface area contributed by atoms with Crippen molar-refractivity contribution < 1.29 is 0 Å². The lowest BCUT2D eigenvalue weighted by atomic mass is 9.87. The van der Waals surface area contributed by atoms with E-state index in [0.29, 0.717) is 6.04 Å². The van der Waals surface area contributed by atoms with E-state index in [1.165, 1.54) is 32.2 Å². The van der Waals surface area contributed by atoms with Crippen molar-refractivity contribution in [1.29, 1.82) is 0 Å². The van der Waals surface area contributed by atoms with Gasteiger partial charge in [0.05, 0.1) is 0 Å². The van der Waals surface area contributed by atoms with Crippen LogP contribution >= 0.6 is 0 Å². The average molecular weight is 170 g/mol. The van der Waals surface area contributed by atoms with Crippen LogP contribution < -0.4 is 11.1 Å². The second kappa shape index (κ2) is 4.83. The van der Waals surface area contributed by atoms with Crippen LogP contribution in [0.3, 0.4) is 0 Å². The van der Waals surface area contributed by atoms with Crippen molar-refractivity contribution in [1.82, 2.24) is 5.32 Å². The lowest BCUT2D eigenvalue weighted by Gasteiger charge is -2.33. The van der Waals surface area contributed by atoms with Gasteiger partial charge in [0.15, 0.2) is 0 Å². The number of nitrogens with two attached hydrogens (primary N) is 1. The summed E-state index contributed by atoms with van der Waals surface area (Å²) in [6.07, 6.45) is 5.01. The molecule has 12 heavy (non-hydrogen) atoms. The van der Waals surface area contributed by atoms with Crippen molar-refractivity contribution in [3.05, 3.63) is 0 Å². The molecular formula is C10H22N2. The molecule has 1 fully saturated rings. The first-order valence-electron chi connectivity index (χ1n) is 5.17. The van der Waals surface area contributed by atoms with E-state index >= 15 is 0 Å². The van der Waals surface area contributed by atoms with Gasteiger partial charge in [0.2, 0.25) is 0 Å². The molecule has 72 valence electrons. The van der Waals surface area contributed by atoms with E-state index in [1.54, 1.807) is 0 Å². The summed E-state index contributed by atoms with van der Waals surface area (Å²) in [7, 11) is 0. The Labute approximate surface area is 75.9 Å². The van der Waals surface area contributed by atoms with Gasteiger partial charge in [0.25, 0.3) is 0 Å². The fourth-order valence-corrected chi connectivity index (χ4v) is 1.65. The van der Waals surface area contributed by atoms with Crippen LogP contribution in [-0.4, -0.2) is 18.6 Å².